The first-order chi connectivity index (χ1) is 5.08. The molecule has 1 rings (SSSR count). The van der Waals surface area contributed by atoms with Crippen LogP contribution in [0.5, 0.6) is 0 Å². The summed E-state index contributed by atoms with van der Waals surface area (Å²) < 4.78 is 0. The molecule has 11 heavy (non-hydrogen) atoms. The van der Waals surface area contributed by atoms with Gasteiger partial charge in [-0.25, -0.2) is 0 Å². The lowest BCUT2D eigenvalue weighted by atomic mass is 10.0. The van der Waals surface area contributed by atoms with Crippen LogP contribution in [0.15, 0.2) is 0 Å². The van der Waals surface area contributed by atoms with E-state index >= 15 is 0 Å². The molecule has 0 spiro atoms. The van der Waals surface area contributed by atoms with Crippen molar-refractivity contribution in [2.24, 2.45) is 11.3 Å². The largest absolute Gasteiger partial charge is 0.299 e. The van der Waals surface area contributed by atoms with Gasteiger partial charge in [-0.2, -0.15) is 0 Å². The summed E-state index contributed by atoms with van der Waals surface area (Å²) >= 11 is 0. The predicted molar refractivity (Wildman–Crippen MR) is 46.4 cm³/mol. The Hall–Kier alpha value is -0.330. The van der Waals surface area contributed by atoms with Gasteiger partial charge in [-0.05, 0) is 18.3 Å². The van der Waals surface area contributed by atoms with Crippen molar-refractivity contribution in [2.75, 3.05) is 0 Å². The number of rotatable bonds is 4. The van der Waals surface area contributed by atoms with Crippen molar-refractivity contribution in [3.63, 3.8) is 0 Å². The molecule has 64 valence electrons. The summed E-state index contributed by atoms with van der Waals surface area (Å²) in [5.41, 5.74) is 0.338. The van der Waals surface area contributed by atoms with Gasteiger partial charge >= 0.3 is 0 Å². The van der Waals surface area contributed by atoms with Crippen LogP contribution in [0.25, 0.3) is 0 Å². The van der Waals surface area contributed by atoms with Gasteiger partial charge in [0.25, 0.3) is 0 Å². The molecule has 1 fully saturated rings. The summed E-state index contributed by atoms with van der Waals surface area (Å²) in [6, 6.07) is 0. The molecule has 0 aromatic heterocycles. The van der Waals surface area contributed by atoms with Gasteiger partial charge in [0.05, 0.1) is 0 Å². The van der Waals surface area contributed by atoms with Crippen molar-refractivity contribution in [1.82, 2.24) is 0 Å². The Bertz CT molecular complexity index is 158. The Morgan fingerprint density at radius 1 is 1.55 bits per heavy atom. The molecule has 0 heterocycles. The Morgan fingerprint density at radius 2 is 2.09 bits per heavy atom. The van der Waals surface area contributed by atoms with Crippen LogP contribution in [-0.2, 0) is 4.79 Å². The average Bonchev–Trinajstić information content (AvgIpc) is 2.55. The topological polar surface area (TPSA) is 17.1 Å². The molecular formula is C10H18O. The van der Waals surface area contributed by atoms with Crippen LogP contribution in [0.4, 0.5) is 0 Å². The molecule has 1 atom stereocenters. The van der Waals surface area contributed by atoms with Gasteiger partial charge in [0.2, 0.25) is 0 Å². The predicted octanol–water partition coefficient (Wildman–Crippen LogP) is 2.79. The second kappa shape index (κ2) is 2.96. The first kappa shape index (κ1) is 8.76. The third-order valence-electron chi connectivity index (χ3n) is 2.68. The highest BCUT2D eigenvalue weighted by Crippen LogP contribution is 2.52. The van der Waals surface area contributed by atoms with Crippen molar-refractivity contribution in [1.29, 1.82) is 0 Å². The SMILES string of the molecule is CCCCC(=O)[C@@H]1CC1(C)C. The Morgan fingerprint density at radius 3 is 2.45 bits per heavy atom. The molecule has 0 aromatic carbocycles. The van der Waals surface area contributed by atoms with E-state index in [1.54, 1.807) is 0 Å². The summed E-state index contributed by atoms with van der Waals surface area (Å²) in [4.78, 5) is 11.4. The second-order valence-corrected chi connectivity index (χ2v) is 4.32. The van der Waals surface area contributed by atoms with Crippen LogP contribution < -0.4 is 0 Å². The molecule has 0 radical (unpaired) electrons. The molecule has 1 saturated carbocycles. The minimum Gasteiger partial charge on any atom is -0.299 e. The number of Topliss-reactive ketones (excluding diaryl/α,β-unsaturated/α-hetero) is 1. The third-order valence-corrected chi connectivity index (χ3v) is 2.68. The van der Waals surface area contributed by atoms with E-state index in [4.69, 9.17) is 0 Å². The van der Waals surface area contributed by atoms with Gasteiger partial charge in [-0.1, -0.05) is 27.2 Å². The van der Waals surface area contributed by atoms with Gasteiger partial charge in [-0.15, -0.1) is 0 Å². The number of carbonyl (C=O) groups excluding carboxylic acids is 1. The number of hydrogen-bond acceptors (Lipinski definition) is 1. The lowest BCUT2D eigenvalue weighted by Crippen LogP contribution is -2.05. The molecule has 0 aromatic rings. The molecule has 0 aliphatic heterocycles. The van der Waals surface area contributed by atoms with Gasteiger partial charge in [0.15, 0.2) is 0 Å². The maximum Gasteiger partial charge on any atom is 0.136 e. The molecule has 0 N–H and O–H groups in total. The molecule has 1 aliphatic carbocycles. The smallest absolute Gasteiger partial charge is 0.136 e. The quantitative estimate of drug-likeness (QED) is 0.608. The zero-order valence-electron chi connectivity index (χ0n) is 7.81. The summed E-state index contributed by atoms with van der Waals surface area (Å²) in [7, 11) is 0. The van der Waals surface area contributed by atoms with Crippen LogP contribution in [-0.4, -0.2) is 5.78 Å². The minimum absolute atomic E-state index is 0.338. The fourth-order valence-corrected chi connectivity index (χ4v) is 1.54. The first-order valence-corrected chi connectivity index (χ1v) is 4.60. The Balaban J connectivity index is 2.23. The van der Waals surface area contributed by atoms with E-state index in [1.165, 1.54) is 0 Å². The molecule has 1 heteroatoms. The third kappa shape index (κ3) is 2.05. The average molecular weight is 154 g/mol. The van der Waals surface area contributed by atoms with E-state index in [1.807, 2.05) is 0 Å². The summed E-state index contributed by atoms with van der Waals surface area (Å²) in [6.07, 6.45) is 4.14. The fourth-order valence-electron chi connectivity index (χ4n) is 1.54. The van der Waals surface area contributed by atoms with Crippen LogP contribution in [0, 0.1) is 11.3 Å². The molecule has 0 saturated heterocycles. The molecule has 0 bridgehead atoms. The maximum atomic E-state index is 11.4. The highest BCUT2D eigenvalue weighted by Gasteiger charge is 2.49. The standard InChI is InChI=1S/C10H18O/c1-4-5-6-9(11)8-7-10(8,2)3/h8H,4-7H2,1-3H3/t8-/m0/s1. The summed E-state index contributed by atoms with van der Waals surface area (Å²) in [5.74, 6) is 0.894. The minimum atomic E-state index is 0.338. The lowest BCUT2D eigenvalue weighted by Gasteiger charge is -2.00. The number of ketones is 1. The molecule has 1 nitrogen and oxygen atoms in total. The van der Waals surface area contributed by atoms with Gasteiger partial charge in [0.1, 0.15) is 5.78 Å². The zero-order valence-corrected chi connectivity index (χ0v) is 7.81. The van der Waals surface area contributed by atoms with Crippen LogP contribution >= 0.6 is 0 Å². The van der Waals surface area contributed by atoms with E-state index in [0.717, 1.165) is 25.7 Å². The normalized spacial score (nSPS) is 26.6. The van der Waals surface area contributed by atoms with E-state index in [0.29, 0.717) is 17.1 Å². The number of carbonyl (C=O) groups is 1. The van der Waals surface area contributed by atoms with E-state index in [2.05, 4.69) is 20.8 Å². The van der Waals surface area contributed by atoms with Crippen molar-refractivity contribution < 1.29 is 4.79 Å². The second-order valence-electron chi connectivity index (χ2n) is 4.32. The molecule has 0 amide bonds. The zero-order chi connectivity index (χ0) is 8.48. The summed E-state index contributed by atoms with van der Waals surface area (Å²) in [6.45, 7) is 6.49. The first-order valence-electron chi connectivity index (χ1n) is 4.60. The van der Waals surface area contributed by atoms with Gasteiger partial charge < -0.3 is 0 Å². The van der Waals surface area contributed by atoms with Crippen molar-refractivity contribution in [3.8, 4) is 0 Å². The summed E-state index contributed by atoms with van der Waals surface area (Å²) in [5, 5.41) is 0. The molecule has 0 unspecified atom stereocenters. The maximum absolute atomic E-state index is 11.4. The number of unbranched alkanes of at least 4 members (excludes halogenated alkanes) is 1. The van der Waals surface area contributed by atoms with Crippen molar-refractivity contribution >= 4 is 5.78 Å². The van der Waals surface area contributed by atoms with Gasteiger partial charge in [-0.3, -0.25) is 4.79 Å². The fraction of sp³-hybridized carbons (Fsp3) is 0.900. The molecular weight excluding hydrogens is 136 g/mol. The van der Waals surface area contributed by atoms with Crippen LogP contribution in [0.2, 0.25) is 0 Å². The van der Waals surface area contributed by atoms with Gasteiger partial charge in [0, 0.05) is 12.3 Å². The van der Waals surface area contributed by atoms with Crippen molar-refractivity contribution in [3.05, 3.63) is 0 Å². The van der Waals surface area contributed by atoms with E-state index < -0.39 is 0 Å². The monoisotopic (exact) mass is 154 g/mol. The van der Waals surface area contributed by atoms with Crippen LogP contribution in [0.3, 0.4) is 0 Å². The Kier molecular flexibility index (Phi) is 2.36. The lowest BCUT2D eigenvalue weighted by molar-refractivity contribution is -0.121. The highest BCUT2D eigenvalue weighted by molar-refractivity contribution is 5.84. The van der Waals surface area contributed by atoms with E-state index in [-0.39, 0.29) is 0 Å². The van der Waals surface area contributed by atoms with Crippen molar-refractivity contribution in [2.45, 2.75) is 46.5 Å². The Labute approximate surface area is 69.2 Å². The number of hydrogen-bond donors (Lipinski definition) is 0. The highest BCUT2D eigenvalue weighted by atomic mass is 16.1. The van der Waals surface area contributed by atoms with Crippen LogP contribution in [0.1, 0.15) is 46.5 Å². The van der Waals surface area contributed by atoms with E-state index in [9.17, 15) is 4.79 Å². The molecule has 1 aliphatic rings.